The van der Waals surface area contributed by atoms with Crippen LogP contribution in [-0.4, -0.2) is 28.5 Å². The van der Waals surface area contributed by atoms with Crippen molar-refractivity contribution < 1.29 is 19.1 Å². The summed E-state index contributed by atoms with van der Waals surface area (Å²) in [7, 11) is 0. The molecular formula is C15H13FN2O3. The van der Waals surface area contributed by atoms with Gasteiger partial charge in [-0.15, -0.1) is 0 Å². The van der Waals surface area contributed by atoms with Gasteiger partial charge in [0.05, 0.1) is 11.1 Å². The minimum Gasteiger partial charge on any atom is -0.478 e. The summed E-state index contributed by atoms with van der Waals surface area (Å²) in [5, 5.41) is 11.4. The molecule has 6 heteroatoms. The number of aromatic carboxylic acids is 1. The molecule has 5 nitrogen and oxygen atoms in total. The van der Waals surface area contributed by atoms with Gasteiger partial charge in [-0.05, 0) is 36.2 Å². The molecule has 2 rings (SSSR count). The number of carbonyl (C=O) groups is 2. The lowest BCUT2D eigenvalue weighted by molar-refractivity contribution is 0.0696. The molecule has 0 atom stereocenters. The summed E-state index contributed by atoms with van der Waals surface area (Å²) in [6, 6.07) is 9.21. The Morgan fingerprint density at radius 3 is 2.52 bits per heavy atom. The molecule has 0 saturated carbocycles. The SMILES string of the molecule is O=C(O)c1ccc(CCNC(=O)c2cccnc2F)cc1. The van der Waals surface area contributed by atoms with Crippen molar-refractivity contribution in [1.82, 2.24) is 10.3 Å². The molecule has 1 heterocycles. The molecule has 21 heavy (non-hydrogen) atoms. The number of hydrogen-bond donors (Lipinski definition) is 2. The van der Waals surface area contributed by atoms with Gasteiger partial charge in [-0.2, -0.15) is 4.39 Å². The monoisotopic (exact) mass is 288 g/mol. The van der Waals surface area contributed by atoms with E-state index in [0.717, 1.165) is 5.56 Å². The number of benzene rings is 1. The van der Waals surface area contributed by atoms with Crippen molar-refractivity contribution in [2.45, 2.75) is 6.42 Å². The summed E-state index contributed by atoms with van der Waals surface area (Å²) in [4.78, 5) is 25.8. The maximum atomic E-state index is 13.3. The number of amides is 1. The van der Waals surface area contributed by atoms with Crippen LogP contribution < -0.4 is 5.32 Å². The van der Waals surface area contributed by atoms with E-state index in [4.69, 9.17) is 5.11 Å². The van der Waals surface area contributed by atoms with Gasteiger partial charge < -0.3 is 10.4 Å². The number of nitrogens with one attached hydrogen (secondary N) is 1. The molecule has 2 N–H and O–H groups in total. The van der Waals surface area contributed by atoms with Gasteiger partial charge >= 0.3 is 5.97 Å². The maximum absolute atomic E-state index is 13.3. The highest BCUT2D eigenvalue weighted by Crippen LogP contribution is 2.06. The smallest absolute Gasteiger partial charge is 0.335 e. The minimum absolute atomic E-state index is 0.0984. The first-order valence-electron chi connectivity index (χ1n) is 6.29. The van der Waals surface area contributed by atoms with E-state index in [2.05, 4.69) is 10.3 Å². The van der Waals surface area contributed by atoms with Crippen molar-refractivity contribution in [2.24, 2.45) is 0 Å². The van der Waals surface area contributed by atoms with Crippen molar-refractivity contribution in [1.29, 1.82) is 0 Å². The van der Waals surface area contributed by atoms with Gasteiger partial charge in [-0.25, -0.2) is 9.78 Å². The molecule has 2 aromatic rings. The van der Waals surface area contributed by atoms with Crippen LogP contribution in [0.15, 0.2) is 42.6 Å². The Balaban J connectivity index is 1.88. The van der Waals surface area contributed by atoms with Gasteiger partial charge in [0.25, 0.3) is 5.91 Å². The molecule has 0 fully saturated rings. The van der Waals surface area contributed by atoms with Crippen LogP contribution in [0.5, 0.6) is 0 Å². The van der Waals surface area contributed by atoms with Crippen molar-refractivity contribution in [3.05, 3.63) is 65.2 Å². The second-order valence-electron chi connectivity index (χ2n) is 4.35. The molecule has 0 saturated heterocycles. The molecule has 108 valence electrons. The van der Waals surface area contributed by atoms with Crippen LogP contribution in [0.4, 0.5) is 4.39 Å². The van der Waals surface area contributed by atoms with Crippen LogP contribution in [0.2, 0.25) is 0 Å². The Labute approximate surface area is 120 Å². The molecule has 0 spiro atoms. The molecule has 0 aliphatic heterocycles. The van der Waals surface area contributed by atoms with Crippen LogP contribution in [-0.2, 0) is 6.42 Å². The van der Waals surface area contributed by atoms with Crippen LogP contribution >= 0.6 is 0 Å². The number of hydrogen-bond acceptors (Lipinski definition) is 3. The highest BCUT2D eigenvalue weighted by molar-refractivity contribution is 5.94. The predicted molar refractivity (Wildman–Crippen MR) is 73.6 cm³/mol. The Kier molecular flexibility index (Phi) is 4.61. The first kappa shape index (κ1) is 14.6. The van der Waals surface area contributed by atoms with Crippen LogP contribution in [0, 0.1) is 5.95 Å². The minimum atomic E-state index is -0.984. The van der Waals surface area contributed by atoms with E-state index >= 15 is 0 Å². The van der Waals surface area contributed by atoms with Gasteiger partial charge in [0.1, 0.15) is 0 Å². The molecule has 1 amide bonds. The number of rotatable bonds is 5. The Hall–Kier alpha value is -2.76. The zero-order chi connectivity index (χ0) is 15.2. The third-order valence-corrected chi connectivity index (χ3v) is 2.90. The second-order valence-corrected chi connectivity index (χ2v) is 4.35. The third kappa shape index (κ3) is 3.85. The quantitative estimate of drug-likeness (QED) is 0.823. The first-order chi connectivity index (χ1) is 10.1. The Morgan fingerprint density at radius 1 is 1.19 bits per heavy atom. The third-order valence-electron chi connectivity index (χ3n) is 2.90. The second kappa shape index (κ2) is 6.60. The van der Waals surface area contributed by atoms with E-state index in [-0.39, 0.29) is 11.1 Å². The highest BCUT2D eigenvalue weighted by atomic mass is 19.1. The van der Waals surface area contributed by atoms with E-state index in [9.17, 15) is 14.0 Å². The molecule has 1 aromatic heterocycles. The zero-order valence-corrected chi connectivity index (χ0v) is 11.0. The predicted octanol–water partition coefficient (Wildman–Crippen LogP) is 1.89. The lowest BCUT2D eigenvalue weighted by Gasteiger charge is -2.06. The van der Waals surface area contributed by atoms with E-state index in [1.165, 1.54) is 30.5 Å². The Morgan fingerprint density at radius 2 is 1.90 bits per heavy atom. The number of pyridine rings is 1. The van der Waals surface area contributed by atoms with E-state index in [1.807, 2.05) is 0 Å². The fourth-order valence-corrected chi connectivity index (χ4v) is 1.78. The molecule has 0 aliphatic rings. The van der Waals surface area contributed by atoms with Gasteiger partial charge in [-0.3, -0.25) is 4.79 Å². The van der Waals surface area contributed by atoms with Crippen molar-refractivity contribution in [3.8, 4) is 0 Å². The number of halogens is 1. The van der Waals surface area contributed by atoms with Crippen molar-refractivity contribution in [3.63, 3.8) is 0 Å². The summed E-state index contributed by atoms with van der Waals surface area (Å²) in [6.07, 6.45) is 1.80. The van der Waals surface area contributed by atoms with Gasteiger partial charge in [-0.1, -0.05) is 12.1 Å². The number of carboxylic acid groups (broad SMARTS) is 1. The first-order valence-corrected chi connectivity index (χ1v) is 6.29. The normalized spacial score (nSPS) is 10.1. The number of aromatic nitrogens is 1. The standard InChI is InChI=1S/C15H13FN2O3/c16-13-12(2-1-8-17-13)14(19)18-9-7-10-3-5-11(6-4-10)15(20)21/h1-6,8H,7,9H2,(H,18,19)(H,20,21). The zero-order valence-electron chi connectivity index (χ0n) is 11.0. The highest BCUT2D eigenvalue weighted by Gasteiger charge is 2.11. The summed E-state index contributed by atoms with van der Waals surface area (Å²) in [5.74, 6) is -2.31. The summed E-state index contributed by atoms with van der Waals surface area (Å²) < 4.78 is 13.3. The summed E-state index contributed by atoms with van der Waals surface area (Å²) >= 11 is 0. The van der Waals surface area contributed by atoms with Crippen LogP contribution in [0.1, 0.15) is 26.3 Å². The van der Waals surface area contributed by atoms with E-state index in [0.29, 0.717) is 13.0 Å². The van der Waals surface area contributed by atoms with Gasteiger partial charge in [0, 0.05) is 12.7 Å². The molecular weight excluding hydrogens is 275 g/mol. The maximum Gasteiger partial charge on any atom is 0.335 e. The fraction of sp³-hybridized carbons (Fsp3) is 0.133. The Bertz CT molecular complexity index is 656. The largest absolute Gasteiger partial charge is 0.478 e. The summed E-state index contributed by atoms with van der Waals surface area (Å²) in [6.45, 7) is 0.319. The molecule has 0 bridgehead atoms. The van der Waals surface area contributed by atoms with Gasteiger partial charge in [0.2, 0.25) is 5.95 Å². The van der Waals surface area contributed by atoms with Crippen molar-refractivity contribution >= 4 is 11.9 Å². The van der Waals surface area contributed by atoms with Crippen LogP contribution in [0.3, 0.4) is 0 Å². The van der Waals surface area contributed by atoms with Gasteiger partial charge in [0.15, 0.2) is 0 Å². The number of nitrogens with zero attached hydrogens (tertiary/aromatic N) is 1. The van der Waals surface area contributed by atoms with E-state index in [1.54, 1.807) is 12.1 Å². The lowest BCUT2D eigenvalue weighted by atomic mass is 10.1. The van der Waals surface area contributed by atoms with Crippen molar-refractivity contribution in [2.75, 3.05) is 6.54 Å². The molecule has 1 aromatic carbocycles. The number of carboxylic acids is 1. The average Bonchev–Trinajstić information content (AvgIpc) is 2.48. The topological polar surface area (TPSA) is 79.3 Å². The molecule has 0 radical (unpaired) electrons. The molecule has 0 unspecified atom stereocenters. The number of carbonyl (C=O) groups excluding carboxylic acids is 1. The fourth-order valence-electron chi connectivity index (χ4n) is 1.78. The lowest BCUT2D eigenvalue weighted by Crippen LogP contribution is -2.26. The summed E-state index contributed by atoms with van der Waals surface area (Å²) in [5.41, 5.74) is 0.992. The van der Waals surface area contributed by atoms with Crippen LogP contribution in [0.25, 0.3) is 0 Å². The van der Waals surface area contributed by atoms with E-state index < -0.39 is 17.8 Å². The average molecular weight is 288 g/mol. The molecule has 0 aliphatic carbocycles.